The molecular weight excluding hydrogens is 148 g/mol. The summed E-state index contributed by atoms with van der Waals surface area (Å²) in [4.78, 5) is 20.3. The van der Waals surface area contributed by atoms with Crippen LogP contribution in [0, 0.1) is 5.41 Å². The second-order valence-corrected chi connectivity index (χ2v) is 3.44. The lowest BCUT2D eigenvalue weighted by atomic mass is 9.99. The fraction of sp³-hybridized carbons (Fsp3) is 0.714. The van der Waals surface area contributed by atoms with Crippen molar-refractivity contribution in [3.8, 4) is 0 Å². The van der Waals surface area contributed by atoms with Crippen LogP contribution >= 0.6 is 0 Å². The number of aliphatic carboxylic acids is 1. The van der Waals surface area contributed by atoms with Crippen LogP contribution in [0.1, 0.15) is 20.8 Å². The van der Waals surface area contributed by atoms with Crippen molar-refractivity contribution in [3.63, 3.8) is 0 Å². The van der Waals surface area contributed by atoms with E-state index in [2.05, 4.69) is 4.74 Å². The van der Waals surface area contributed by atoms with Gasteiger partial charge in [0.15, 0.2) is 0 Å². The van der Waals surface area contributed by atoms with Crippen LogP contribution in [0.4, 0.5) is 0 Å². The van der Waals surface area contributed by atoms with Gasteiger partial charge >= 0.3 is 11.9 Å². The highest BCUT2D eigenvalue weighted by Gasteiger charge is 2.17. The van der Waals surface area contributed by atoms with E-state index < -0.39 is 11.9 Å². The quantitative estimate of drug-likeness (QED) is 0.452. The summed E-state index contributed by atoms with van der Waals surface area (Å²) in [6.07, 6.45) is 0. The third-order valence-electron chi connectivity index (χ3n) is 0.811. The highest BCUT2D eigenvalue weighted by Crippen LogP contribution is 2.12. The van der Waals surface area contributed by atoms with Crippen LogP contribution in [-0.2, 0) is 14.3 Å². The third kappa shape index (κ3) is 5.39. The number of carboxylic acid groups (broad SMARTS) is 1. The summed E-state index contributed by atoms with van der Waals surface area (Å²) in [5, 5.41) is 8.10. The Morgan fingerprint density at radius 2 is 1.82 bits per heavy atom. The van der Waals surface area contributed by atoms with E-state index in [0.29, 0.717) is 0 Å². The smallest absolute Gasteiger partial charge is 0.417 e. The molecule has 0 aliphatic rings. The predicted molar refractivity (Wildman–Crippen MR) is 38.0 cm³/mol. The van der Waals surface area contributed by atoms with Gasteiger partial charge in [-0.1, -0.05) is 20.8 Å². The molecule has 0 fully saturated rings. The van der Waals surface area contributed by atoms with E-state index in [1.165, 1.54) is 0 Å². The molecule has 0 aromatic rings. The molecule has 0 saturated carbocycles. The molecule has 0 radical (unpaired) electrons. The van der Waals surface area contributed by atoms with Crippen LogP contribution in [0.25, 0.3) is 0 Å². The van der Waals surface area contributed by atoms with Crippen molar-refractivity contribution in [2.75, 3.05) is 6.61 Å². The van der Waals surface area contributed by atoms with E-state index in [9.17, 15) is 9.59 Å². The molecule has 0 heterocycles. The summed E-state index contributed by atoms with van der Waals surface area (Å²) in [5.41, 5.74) is -0.189. The van der Waals surface area contributed by atoms with Gasteiger partial charge in [-0.15, -0.1) is 0 Å². The van der Waals surface area contributed by atoms with Gasteiger partial charge in [-0.25, -0.2) is 9.59 Å². The molecule has 0 aliphatic heterocycles. The number of carbonyl (C=O) groups excluding carboxylic acids is 1. The first-order valence-electron chi connectivity index (χ1n) is 3.23. The van der Waals surface area contributed by atoms with Gasteiger partial charge in [0.1, 0.15) is 0 Å². The van der Waals surface area contributed by atoms with Crippen LogP contribution in [0.3, 0.4) is 0 Å². The van der Waals surface area contributed by atoms with Crippen LogP contribution in [-0.4, -0.2) is 23.7 Å². The van der Waals surface area contributed by atoms with Crippen molar-refractivity contribution in [2.24, 2.45) is 5.41 Å². The van der Waals surface area contributed by atoms with Gasteiger partial charge in [0.05, 0.1) is 6.61 Å². The highest BCUT2D eigenvalue weighted by atomic mass is 16.6. The Hall–Kier alpha value is -1.06. The predicted octanol–water partition coefficient (Wildman–Crippen LogP) is 0.660. The zero-order chi connectivity index (χ0) is 9.07. The normalized spacial score (nSPS) is 10.8. The van der Waals surface area contributed by atoms with Crippen molar-refractivity contribution < 1.29 is 19.4 Å². The van der Waals surface area contributed by atoms with E-state index in [0.717, 1.165) is 0 Å². The molecule has 1 N–H and O–H groups in total. The van der Waals surface area contributed by atoms with Crippen molar-refractivity contribution in [2.45, 2.75) is 20.8 Å². The van der Waals surface area contributed by atoms with E-state index in [1.807, 2.05) is 20.8 Å². The number of esters is 1. The minimum Gasteiger partial charge on any atom is -0.473 e. The molecule has 0 aliphatic carbocycles. The summed E-state index contributed by atoms with van der Waals surface area (Å²) in [5.74, 6) is -2.74. The molecular formula is C7H12O4. The minimum atomic E-state index is -1.55. The molecule has 0 spiro atoms. The zero-order valence-electron chi connectivity index (χ0n) is 6.88. The van der Waals surface area contributed by atoms with Gasteiger partial charge in [-0.3, -0.25) is 0 Å². The average molecular weight is 160 g/mol. The maximum Gasteiger partial charge on any atom is 0.417 e. The first kappa shape index (κ1) is 9.94. The number of ether oxygens (including phenoxy) is 1. The Balaban J connectivity index is 3.73. The van der Waals surface area contributed by atoms with E-state index in [1.54, 1.807) is 0 Å². The SMILES string of the molecule is CC(C)(C)COC(=O)C(=O)O. The molecule has 0 saturated heterocycles. The molecule has 64 valence electrons. The molecule has 0 bridgehead atoms. The Kier molecular flexibility index (Phi) is 3.04. The Morgan fingerprint density at radius 1 is 1.36 bits per heavy atom. The molecule has 0 rings (SSSR count). The van der Waals surface area contributed by atoms with Crippen LogP contribution in [0.15, 0.2) is 0 Å². The number of hydrogen-bond donors (Lipinski definition) is 1. The third-order valence-corrected chi connectivity index (χ3v) is 0.811. The topological polar surface area (TPSA) is 63.6 Å². The summed E-state index contributed by atoms with van der Waals surface area (Å²) < 4.78 is 4.43. The maximum absolute atomic E-state index is 10.4. The molecule has 0 aromatic carbocycles. The average Bonchev–Trinajstić information content (AvgIpc) is 1.80. The summed E-state index contributed by atoms with van der Waals surface area (Å²) in [6, 6.07) is 0. The number of hydrogen-bond acceptors (Lipinski definition) is 3. The molecule has 0 aromatic heterocycles. The Bertz CT molecular complexity index is 166. The molecule has 4 nitrogen and oxygen atoms in total. The van der Waals surface area contributed by atoms with Gasteiger partial charge < -0.3 is 9.84 Å². The van der Waals surface area contributed by atoms with Gasteiger partial charge in [-0.2, -0.15) is 0 Å². The molecule has 0 atom stereocenters. The first-order valence-corrected chi connectivity index (χ1v) is 3.23. The first-order chi connectivity index (χ1) is 4.83. The van der Waals surface area contributed by atoms with E-state index in [-0.39, 0.29) is 12.0 Å². The zero-order valence-corrected chi connectivity index (χ0v) is 6.88. The molecule has 4 heteroatoms. The largest absolute Gasteiger partial charge is 0.473 e. The van der Waals surface area contributed by atoms with E-state index in [4.69, 9.17) is 5.11 Å². The van der Waals surface area contributed by atoms with Crippen molar-refractivity contribution in [1.82, 2.24) is 0 Å². The Labute approximate surface area is 65.2 Å². The molecule has 0 amide bonds. The highest BCUT2D eigenvalue weighted by molar-refractivity contribution is 6.28. The second-order valence-electron chi connectivity index (χ2n) is 3.44. The summed E-state index contributed by atoms with van der Waals surface area (Å²) >= 11 is 0. The number of carboxylic acids is 1. The maximum atomic E-state index is 10.4. The lowest BCUT2D eigenvalue weighted by Gasteiger charge is -2.16. The summed E-state index contributed by atoms with van der Waals surface area (Å²) in [7, 11) is 0. The lowest BCUT2D eigenvalue weighted by Crippen LogP contribution is -2.23. The van der Waals surface area contributed by atoms with Gasteiger partial charge in [0, 0.05) is 0 Å². The van der Waals surface area contributed by atoms with Crippen molar-refractivity contribution in [3.05, 3.63) is 0 Å². The monoisotopic (exact) mass is 160 g/mol. The molecule has 11 heavy (non-hydrogen) atoms. The fourth-order valence-electron chi connectivity index (χ4n) is 0.344. The van der Waals surface area contributed by atoms with Crippen molar-refractivity contribution in [1.29, 1.82) is 0 Å². The second kappa shape index (κ2) is 3.37. The molecule has 0 unspecified atom stereocenters. The Morgan fingerprint density at radius 3 is 2.09 bits per heavy atom. The number of rotatable bonds is 1. The van der Waals surface area contributed by atoms with Crippen LogP contribution in [0.2, 0.25) is 0 Å². The number of carbonyl (C=O) groups is 2. The fourth-order valence-corrected chi connectivity index (χ4v) is 0.344. The van der Waals surface area contributed by atoms with Crippen LogP contribution in [0.5, 0.6) is 0 Å². The van der Waals surface area contributed by atoms with Gasteiger partial charge in [0.25, 0.3) is 0 Å². The van der Waals surface area contributed by atoms with Gasteiger partial charge in [0.2, 0.25) is 0 Å². The van der Waals surface area contributed by atoms with Crippen molar-refractivity contribution >= 4 is 11.9 Å². The lowest BCUT2D eigenvalue weighted by molar-refractivity contribution is -0.165. The van der Waals surface area contributed by atoms with E-state index >= 15 is 0 Å². The van der Waals surface area contributed by atoms with Gasteiger partial charge in [-0.05, 0) is 5.41 Å². The minimum absolute atomic E-state index is 0.123. The van der Waals surface area contributed by atoms with Crippen LogP contribution < -0.4 is 0 Å². The summed E-state index contributed by atoms with van der Waals surface area (Å²) in [6.45, 7) is 5.67. The standard InChI is InChI=1S/C7H12O4/c1-7(2,3)4-11-6(10)5(8)9/h4H2,1-3H3,(H,8,9).